The Hall–Kier alpha value is 0.596. The molecule has 1 nitrogen and oxygen atoms in total. The third kappa shape index (κ3) is 8.82. The first-order valence-electron chi connectivity index (χ1n) is 2.12. The van der Waals surface area contributed by atoms with E-state index in [1.54, 1.807) is 0 Å². The van der Waals surface area contributed by atoms with Crippen LogP contribution >= 0.6 is 0 Å². The Morgan fingerprint density at radius 1 is 1.17 bits per heavy atom. The van der Waals surface area contributed by atoms with Crippen molar-refractivity contribution in [3.8, 4) is 0 Å². The summed E-state index contributed by atoms with van der Waals surface area (Å²) in [6.07, 6.45) is 0. The van der Waals surface area contributed by atoms with Crippen LogP contribution in [0.5, 0.6) is 0 Å². The van der Waals surface area contributed by atoms with Crippen molar-refractivity contribution in [3.63, 3.8) is 0 Å². The Morgan fingerprint density at radius 3 is 1.50 bits per heavy atom. The van der Waals surface area contributed by atoms with Crippen molar-refractivity contribution in [3.05, 3.63) is 0 Å². The maximum absolute atomic E-state index is 3.11. The van der Waals surface area contributed by atoms with E-state index in [-0.39, 0.29) is 19.8 Å². The molecule has 1 N–H and O–H groups in total. The van der Waals surface area contributed by atoms with Gasteiger partial charge in [-0.25, -0.2) is 0 Å². The first-order valence-corrected chi connectivity index (χ1v) is 2.12. The predicted octanol–water partition coefficient (Wildman–Crippen LogP) is 0.613. The molecule has 0 heterocycles. The summed E-state index contributed by atoms with van der Waals surface area (Å²) < 4.78 is 0. The fourth-order valence-corrected chi connectivity index (χ4v) is 0.250. The number of rotatable bonds is 2. The molecule has 40 valence electrons. The maximum Gasteiger partial charge on any atom is 0 e. The summed E-state index contributed by atoms with van der Waals surface area (Å²) in [5, 5.41) is 3.11. The Balaban J connectivity index is 0. The zero-order chi connectivity index (χ0) is 4.12. The molecule has 0 bridgehead atoms. The molecule has 0 saturated carbocycles. The second kappa shape index (κ2) is 9.14. The predicted molar refractivity (Wildman–Crippen MR) is 24.2 cm³/mol. The molecular formula is C4H11NOs. The van der Waals surface area contributed by atoms with Crippen molar-refractivity contribution in [2.24, 2.45) is 0 Å². The minimum atomic E-state index is 0. The number of hydrogen-bond donors (Lipinski definition) is 1. The van der Waals surface area contributed by atoms with Crippen LogP contribution < -0.4 is 5.32 Å². The minimum absolute atomic E-state index is 0. The van der Waals surface area contributed by atoms with E-state index in [4.69, 9.17) is 0 Å². The molecule has 0 amide bonds. The summed E-state index contributed by atoms with van der Waals surface area (Å²) in [5.74, 6) is 0. The molecule has 6 heavy (non-hydrogen) atoms. The van der Waals surface area contributed by atoms with Crippen LogP contribution in [0.3, 0.4) is 0 Å². The molecule has 0 aromatic heterocycles. The van der Waals surface area contributed by atoms with Crippen molar-refractivity contribution >= 4 is 0 Å². The zero-order valence-electron chi connectivity index (χ0n) is 4.27. The van der Waals surface area contributed by atoms with Crippen LogP contribution in [0.15, 0.2) is 0 Å². The Bertz CT molecular complexity index is 15.0. The van der Waals surface area contributed by atoms with Gasteiger partial charge in [0.1, 0.15) is 0 Å². The summed E-state index contributed by atoms with van der Waals surface area (Å²) in [7, 11) is 0. The van der Waals surface area contributed by atoms with Crippen molar-refractivity contribution < 1.29 is 19.8 Å². The molecule has 0 aliphatic rings. The van der Waals surface area contributed by atoms with Gasteiger partial charge in [-0.05, 0) is 13.1 Å². The fraction of sp³-hybridized carbons (Fsp3) is 1.00. The third-order valence-corrected chi connectivity index (χ3v) is 0.500. The van der Waals surface area contributed by atoms with Gasteiger partial charge in [0.25, 0.3) is 0 Å². The van der Waals surface area contributed by atoms with Gasteiger partial charge in [-0.15, -0.1) is 0 Å². The van der Waals surface area contributed by atoms with Crippen molar-refractivity contribution in [1.82, 2.24) is 5.32 Å². The van der Waals surface area contributed by atoms with E-state index in [1.807, 2.05) is 0 Å². The maximum atomic E-state index is 3.11. The quantitative estimate of drug-likeness (QED) is 0.770. The molecule has 0 saturated heterocycles. The molecule has 0 spiro atoms. The molecule has 0 aliphatic heterocycles. The van der Waals surface area contributed by atoms with Gasteiger partial charge in [0.2, 0.25) is 0 Å². The van der Waals surface area contributed by atoms with Crippen LogP contribution in [-0.4, -0.2) is 13.1 Å². The Labute approximate surface area is 52.6 Å². The van der Waals surface area contributed by atoms with Gasteiger partial charge in [0, 0.05) is 19.8 Å². The average molecular weight is 263 g/mol. The first-order chi connectivity index (χ1) is 2.41. The van der Waals surface area contributed by atoms with Gasteiger partial charge in [-0.1, -0.05) is 13.8 Å². The molecular weight excluding hydrogens is 252 g/mol. The van der Waals surface area contributed by atoms with E-state index >= 15 is 0 Å². The van der Waals surface area contributed by atoms with Gasteiger partial charge >= 0.3 is 0 Å². The van der Waals surface area contributed by atoms with Crippen LogP contribution in [0.1, 0.15) is 13.8 Å². The van der Waals surface area contributed by atoms with Crippen molar-refractivity contribution in [2.75, 3.05) is 13.1 Å². The van der Waals surface area contributed by atoms with E-state index in [0.717, 1.165) is 13.1 Å². The van der Waals surface area contributed by atoms with E-state index in [9.17, 15) is 0 Å². The topological polar surface area (TPSA) is 12.0 Å². The Kier molecular flexibility index (Phi) is 14.9. The van der Waals surface area contributed by atoms with E-state index < -0.39 is 0 Å². The standard InChI is InChI=1S/C4H11N.Os/c1-3-5-4-2;/h5H,3-4H2,1-2H3;. The molecule has 0 atom stereocenters. The summed E-state index contributed by atoms with van der Waals surface area (Å²) in [4.78, 5) is 0. The molecule has 0 aromatic rings. The van der Waals surface area contributed by atoms with Crippen LogP contribution in [0, 0.1) is 0 Å². The monoisotopic (exact) mass is 265 g/mol. The fourth-order valence-electron chi connectivity index (χ4n) is 0.250. The van der Waals surface area contributed by atoms with Crippen LogP contribution in [-0.2, 0) is 19.8 Å². The summed E-state index contributed by atoms with van der Waals surface area (Å²) in [6, 6.07) is 0. The average Bonchev–Trinajstić information content (AvgIpc) is 1.41. The summed E-state index contributed by atoms with van der Waals surface area (Å²) >= 11 is 0. The first kappa shape index (κ1) is 9.78. The Morgan fingerprint density at radius 2 is 1.50 bits per heavy atom. The van der Waals surface area contributed by atoms with Gasteiger partial charge in [-0.3, -0.25) is 0 Å². The zero-order valence-corrected chi connectivity index (χ0v) is 6.81. The van der Waals surface area contributed by atoms with Gasteiger partial charge in [0.05, 0.1) is 0 Å². The van der Waals surface area contributed by atoms with Crippen molar-refractivity contribution in [2.45, 2.75) is 13.8 Å². The number of hydrogen-bond acceptors (Lipinski definition) is 1. The minimum Gasteiger partial charge on any atom is -0.317 e. The van der Waals surface area contributed by atoms with Crippen LogP contribution in [0.25, 0.3) is 0 Å². The van der Waals surface area contributed by atoms with Crippen molar-refractivity contribution in [1.29, 1.82) is 0 Å². The van der Waals surface area contributed by atoms with E-state index in [0.29, 0.717) is 0 Å². The molecule has 0 aromatic carbocycles. The molecule has 0 aliphatic carbocycles. The molecule has 0 fully saturated rings. The number of nitrogens with one attached hydrogen (secondary N) is 1. The molecule has 0 radical (unpaired) electrons. The summed E-state index contributed by atoms with van der Waals surface area (Å²) in [6.45, 7) is 6.39. The molecule has 2 heteroatoms. The smallest absolute Gasteiger partial charge is 0 e. The third-order valence-electron chi connectivity index (χ3n) is 0.500. The van der Waals surface area contributed by atoms with Gasteiger partial charge < -0.3 is 5.32 Å². The summed E-state index contributed by atoms with van der Waals surface area (Å²) in [5.41, 5.74) is 0. The SMILES string of the molecule is CCNCC.[Os]. The molecule has 0 rings (SSSR count). The second-order valence-electron chi connectivity index (χ2n) is 0.957. The van der Waals surface area contributed by atoms with Crippen LogP contribution in [0.4, 0.5) is 0 Å². The van der Waals surface area contributed by atoms with Gasteiger partial charge in [-0.2, -0.15) is 0 Å². The van der Waals surface area contributed by atoms with E-state index in [2.05, 4.69) is 19.2 Å². The van der Waals surface area contributed by atoms with Gasteiger partial charge in [0.15, 0.2) is 0 Å². The normalized spacial score (nSPS) is 7.00. The van der Waals surface area contributed by atoms with E-state index in [1.165, 1.54) is 0 Å². The molecule has 0 unspecified atom stereocenters. The van der Waals surface area contributed by atoms with Crippen LogP contribution in [0.2, 0.25) is 0 Å². The largest absolute Gasteiger partial charge is 0.317 e. The second-order valence-corrected chi connectivity index (χ2v) is 0.957.